The third kappa shape index (κ3) is 4.27. The summed E-state index contributed by atoms with van der Waals surface area (Å²) in [5, 5.41) is 11.3. The summed E-state index contributed by atoms with van der Waals surface area (Å²) >= 11 is 1.47. The monoisotopic (exact) mass is 296 g/mol. The lowest BCUT2D eigenvalue weighted by atomic mass is 10.1. The van der Waals surface area contributed by atoms with Crippen LogP contribution < -0.4 is 11.1 Å². The molecule has 0 bridgehead atoms. The maximum absolute atomic E-state index is 12.1. The molecule has 0 spiro atoms. The van der Waals surface area contributed by atoms with Crippen molar-refractivity contribution in [3.63, 3.8) is 0 Å². The highest BCUT2D eigenvalue weighted by atomic mass is 32.2. The maximum atomic E-state index is 12.1. The number of primary amides is 1. The van der Waals surface area contributed by atoms with E-state index in [1.54, 1.807) is 19.1 Å². The second-order valence-electron chi connectivity index (χ2n) is 4.22. The van der Waals surface area contributed by atoms with Gasteiger partial charge in [0.2, 0.25) is 5.91 Å². The van der Waals surface area contributed by atoms with Gasteiger partial charge >= 0.3 is 5.97 Å². The summed E-state index contributed by atoms with van der Waals surface area (Å²) in [4.78, 5) is 34.8. The highest BCUT2D eigenvalue weighted by molar-refractivity contribution is 7.98. The zero-order valence-corrected chi connectivity index (χ0v) is 12.0. The van der Waals surface area contributed by atoms with Crippen molar-refractivity contribution in [2.75, 3.05) is 6.26 Å². The standard InChI is InChI=1S/C13H16N2O4S/c1-7-3-4-8(20-2)5-9(7)12(17)15-10(13(18)19)6-11(14)16/h3-5,10H,6H2,1-2H3,(H2,14,16)(H,15,17)(H,18,19)/t10-/m0/s1. The normalized spacial score (nSPS) is 11.7. The summed E-state index contributed by atoms with van der Waals surface area (Å²) in [6.07, 6.45) is 1.43. The van der Waals surface area contributed by atoms with E-state index in [1.165, 1.54) is 11.8 Å². The van der Waals surface area contributed by atoms with E-state index in [9.17, 15) is 14.4 Å². The number of carbonyl (C=O) groups excluding carboxylic acids is 2. The average molecular weight is 296 g/mol. The van der Waals surface area contributed by atoms with Gasteiger partial charge in [0.25, 0.3) is 5.91 Å². The molecule has 4 N–H and O–H groups in total. The second kappa shape index (κ2) is 6.95. The SMILES string of the molecule is CSc1ccc(C)c(C(=O)N[C@@H](CC(N)=O)C(=O)O)c1. The predicted octanol–water partition coefficient (Wildman–Crippen LogP) is 0.775. The van der Waals surface area contributed by atoms with Gasteiger partial charge in [0.05, 0.1) is 6.42 Å². The van der Waals surface area contributed by atoms with E-state index in [1.807, 2.05) is 12.3 Å². The number of rotatable bonds is 6. The molecule has 0 aliphatic carbocycles. The number of aryl methyl sites for hydroxylation is 1. The van der Waals surface area contributed by atoms with Crippen LogP contribution in [0.3, 0.4) is 0 Å². The van der Waals surface area contributed by atoms with Gasteiger partial charge in [0, 0.05) is 10.5 Å². The Balaban J connectivity index is 2.94. The van der Waals surface area contributed by atoms with Crippen molar-refractivity contribution in [1.29, 1.82) is 0 Å². The Bertz CT molecular complexity index is 545. The summed E-state index contributed by atoms with van der Waals surface area (Å²) in [5.74, 6) is -2.62. The maximum Gasteiger partial charge on any atom is 0.326 e. The summed E-state index contributed by atoms with van der Waals surface area (Å²) in [7, 11) is 0. The van der Waals surface area contributed by atoms with Crippen LogP contribution in [0.5, 0.6) is 0 Å². The molecule has 0 aliphatic rings. The molecule has 108 valence electrons. The number of thioether (sulfide) groups is 1. The summed E-state index contributed by atoms with van der Waals surface area (Å²) < 4.78 is 0. The lowest BCUT2D eigenvalue weighted by Gasteiger charge is -2.14. The number of aliphatic carboxylic acids is 1. The number of nitrogens with one attached hydrogen (secondary N) is 1. The first-order chi connectivity index (χ1) is 9.35. The molecule has 1 aromatic rings. The van der Waals surface area contributed by atoms with Gasteiger partial charge in [0.1, 0.15) is 6.04 Å². The number of carboxylic acids is 1. The third-order valence-corrected chi connectivity index (χ3v) is 3.42. The second-order valence-corrected chi connectivity index (χ2v) is 5.10. The van der Waals surface area contributed by atoms with Crippen LogP contribution in [0, 0.1) is 6.92 Å². The van der Waals surface area contributed by atoms with E-state index in [0.717, 1.165) is 10.5 Å². The number of hydrogen-bond donors (Lipinski definition) is 3. The van der Waals surface area contributed by atoms with Crippen molar-refractivity contribution in [2.24, 2.45) is 5.73 Å². The molecule has 6 nitrogen and oxygen atoms in total. The van der Waals surface area contributed by atoms with Crippen LogP contribution in [0.4, 0.5) is 0 Å². The number of amides is 2. The molecule has 0 unspecified atom stereocenters. The molecule has 20 heavy (non-hydrogen) atoms. The first-order valence-electron chi connectivity index (χ1n) is 5.81. The number of hydrogen-bond acceptors (Lipinski definition) is 4. The summed E-state index contributed by atoms with van der Waals surface area (Å²) in [6.45, 7) is 1.75. The Labute approximate surface area is 120 Å². The van der Waals surface area contributed by atoms with Crippen LogP contribution in [0.15, 0.2) is 23.1 Å². The number of carbonyl (C=O) groups is 3. The van der Waals surface area contributed by atoms with E-state index in [0.29, 0.717) is 5.56 Å². The van der Waals surface area contributed by atoms with Gasteiger partial charge in [-0.25, -0.2) is 4.79 Å². The largest absolute Gasteiger partial charge is 0.480 e. The van der Waals surface area contributed by atoms with Crippen molar-refractivity contribution in [2.45, 2.75) is 24.3 Å². The van der Waals surface area contributed by atoms with Crippen LogP contribution in [0.1, 0.15) is 22.3 Å². The molecule has 0 heterocycles. The zero-order chi connectivity index (χ0) is 15.3. The molecule has 0 saturated heterocycles. The van der Waals surface area contributed by atoms with Gasteiger partial charge in [-0.2, -0.15) is 0 Å². The lowest BCUT2D eigenvalue weighted by Crippen LogP contribution is -2.43. The van der Waals surface area contributed by atoms with E-state index in [4.69, 9.17) is 10.8 Å². The minimum Gasteiger partial charge on any atom is -0.480 e. The Morgan fingerprint density at radius 3 is 2.55 bits per heavy atom. The molecule has 0 aliphatic heterocycles. The Morgan fingerprint density at radius 2 is 2.05 bits per heavy atom. The van der Waals surface area contributed by atoms with Gasteiger partial charge < -0.3 is 16.2 Å². The van der Waals surface area contributed by atoms with Crippen molar-refractivity contribution < 1.29 is 19.5 Å². The molecule has 1 atom stereocenters. The van der Waals surface area contributed by atoms with Gasteiger partial charge in [-0.05, 0) is 30.9 Å². The highest BCUT2D eigenvalue weighted by Crippen LogP contribution is 2.19. The number of nitrogens with two attached hydrogens (primary N) is 1. The summed E-state index contributed by atoms with van der Waals surface area (Å²) in [6, 6.07) is 4.01. The quantitative estimate of drug-likeness (QED) is 0.672. The third-order valence-electron chi connectivity index (χ3n) is 2.70. The zero-order valence-electron chi connectivity index (χ0n) is 11.2. The topological polar surface area (TPSA) is 109 Å². The molecule has 0 radical (unpaired) electrons. The molecule has 0 saturated carbocycles. The van der Waals surface area contributed by atoms with E-state index in [-0.39, 0.29) is 0 Å². The average Bonchev–Trinajstić information content (AvgIpc) is 2.37. The lowest BCUT2D eigenvalue weighted by molar-refractivity contribution is -0.140. The minimum absolute atomic E-state index is 0.382. The van der Waals surface area contributed by atoms with E-state index in [2.05, 4.69) is 5.32 Å². The van der Waals surface area contributed by atoms with Gasteiger partial charge in [-0.3, -0.25) is 9.59 Å². The van der Waals surface area contributed by atoms with Crippen molar-refractivity contribution >= 4 is 29.5 Å². The molecule has 7 heteroatoms. The first kappa shape index (κ1) is 16.0. The highest BCUT2D eigenvalue weighted by Gasteiger charge is 2.23. The molecular formula is C13H16N2O4S. The van der Waals surface area contributed by atoms with Gasteiger partial charge in [-0.1, -0.05) is 6.07 Å². The Hall–Kier alpha value is -2.02. The predicted molar refractivity (Wildman–Crippen MR) is 75.7 cm³/mol. The molecule has 1 aromatic carbocycles. The Kier molecular flexibility index (Phi) is 5.57. The van der Waals surface area contributed by atoms with Crippen molar-refractivity contribution in [1.82, 2.24) is 5.32 Å². The molecule has 0 aromatic heterocycles. The van der Waals surface area contributed by atoms with Crippen molar-refractivity contribution in [3.8, 4) is 0 Å². The smallest absolute Gasteiger partial charge is 0.326 e. The van der Waals surface area contributed by atoms with Crippen LogP contribution in [-0.2, 0) is 9.59 Å². The molecule has 0 fully saturated rings. The van der Waals surface area contributed by atoms with E-state index < -0.39 is 30.2 Å². The fourth-order valence-corrected chi connectivity index (χ4v) is 2.05. The molecular weight excluding hydrogens is 280 g/mol. The van der Waals surface area contributed by atoms with Gasteiger partial charge in [0.15, 0.2) is 0 Å². The fourth-order valence-electron chi connectivity index (χ4n) is 1.61. The number of benzene rings is 1. The van der Waals surface area contributed by atoms with Crippen LogP contribution in [0.2, 0.25) is 0 Å². The molecule has 2 amide bonds. The van der Waals surface area contributed by atoms with Gasteiger partial charge in [-0.15, -0.1) is 11.8 Å². The summed E-state index contributed by atoms with van der Waals surface area (Å²) in [5.41, 5.74) is 6.07. The number of carboxylic acid groups (broad SMARTS) is 1. The first-order valence-corrected chi connectivity index (χ1v) is 7.04. The van der Waals surface area contributed by atoms with Crippen molar-refractivity contribution in [3.05, 3.63) is 29.3 Å². The van der Waals surface area contributed by atoms with Crippen LogP contribution in [0.25, 0.3) is 0 Å². The van der Waals surface area contributed by atoms with Crippen LogP contribution >= 0.6 is 11.8 Å². The molecule has 1 rings (SSSR count). The Morgan fingerprint density at radius 1 is 1.40 bits per heavy atom. The van der Waals surface area contributed by atoms with E-state index >= 15 is 0 Å². The minimum atomic E-state index is -1.32. The fraction of sp³-hybridized carbons (Fsp3) is 0.308. The van der Waals surface area contributed by atoms with Crippen LogP contribution in [-0.4, -0.2) is 35.2 Å².